The first-order valence-electron chi connectivity index (χ1n) is 16.7. The van der Waals surface area contributed by atoms with Gasteiger partial charge in [-0.15, -0.1) is 0 Å². The molecule has 5 rings (SSSR count). The van der Waals surface area contributed by atoms with Gasteiger partial charge in [-0.2, -0.15) is 0 Å². The van der Waals surface area contributed by atoms with E-state index in [4.69, 9.17) is 0 Å². The van der Waals surface area contributed by atoms with Crippen LogP contribution in [0, 0.1) is 6.92 Å². The molecule has 252 valence electrons. The molecule has 2 amide bonds. The van der Waals surface area contributed by atoms with Crippen molar-refractivity contribution in [1.82, 2.24) is 10.2 Å². The number of rotatable bonds is 13. The van der Waals surface area contributed by atoms with Crippen molar-refractivity contribution in [3.63, 3.8) is 0 Å². The maximum Gasteiger partial charge on any atom is 0.264 e. The minimum atomic E-state index is -4.16. The number of anilines is 1. The number of hydrogen-bond donors (Lipinski definition) is 1. The van der Waals surface area contributed by atoms with Crippen molar-refractivity contribution in [2.75, 3.05) is 10.8 Å². The van der Waals surface area contributed by atoms with E-state index in [1.54, 1.807) is 41.3 Å². The van der Waals surface area contributed by atoms with Gasteiger partial charge in [-0.3, -0.25) is 13.9 Å². The summed E-state index contributed by atoms with van der Waals surface area (Å²) in [6, 6.07) is 30.4. The van der Waals surface area contributed by atoms with Gasteiger partial charge >= 0.3 is 0 Å². The molecule has 4 aromatic rings. The van der Waals surface area contributed by atoms with Crippen LogP contribution in [-0.2, 0) is 39.0 Å². The number of benzene rings is 4. The largest absolute Gasteiger partial charge is 0.352 e. The summed E-state index contributed by atoms with van der Waals surface area (Å²) in [7, 11) is -4.16. The first kappa shape index (κ1) is 35.4. The molecule has 4 aromatic carbocycles. The van der Waals surface area contributed by atoms with Crippen molar-refractivity contribution in [2.24, 2.45) is 0 Å². The summed E-state index contributed by atoms with van der Waals surface area (Å²) >= 11 is 3.49. The monoisotopic (exact) mass is 729 g/mol. The zero-order chi connectivity index (χ0) is 34.1. The smallest absolute Gasteiger partial charge is 0.264 e. The van der Waals surface area contributed by atoms with Crippen molar-refractivity contribution < 1.29 is 18.0 Å². The second-order valence-electron chi connectivity index (χ2n) is 12.5. The number of nitrogens with one attached hydrogen (secondary N) is 1. The summed E-state index contributed by atoms with van der Waals surface area (Å²) in [5.41, 5.74) is 3.92. The van der Waals surface area contributed by atoms with Gasteiger partial charge in [0.05, 0.1) is 10.6 Å². The third kappa shape index (κ3) is 8.94. The van der Waals surface area contributed by atoms with Gasteiger partial charge in [0.1, 0.15) is 12.6 Å². The summed E-state index contributed by atoms with van der Waals surface area (Å²) < 4.78 is 30.9. The highest BCUT2D eigenvalue weighted by atomic mass is 79.9. The average molecular weight is 731 g/mol. The number of amides is 2. The Morgan fingerprint density at radius 3 is 2.15 bits per heavy atom. The highest BCUT2D eigenvalue weighted by Gasteiger charge is 2.36. The number of carbonyl (C=O) groups is 2. The zero-order valence-corrected chi connectivity index (χ0v) is 30.0. The normalized spacial score (nSPS) is 14.2. The Morgan fingerprint density at radius 2 is 1.48 bits per heavy atom. The Labute approximate surface area is 293 Å². The highest BCUT2D eigenvalue weighted by molar-refractivity contribution is 9.10. The average Bonchev–Trinajstić information content (AvgIpc) is 3.10. The molecule has 9 heteroatoms. The number of hydrogen-bond acceptors (Lipinski definition) is 4. The summed E-state index contributed by atoms with van der Waals surface area (Å²) in [5, 5.41) is 3.26. The molecule has 1 fully saturated rings. The number of nitrogens with zero attached hydrogens (tertiary/aromatic N) is 2. The summed E-state index contributed by atoms with van der Waals surface area (Å²) in [6.07, 6.45) is 5.93. The molecular weight excluding hydrogens is 686 g/mol. The van der Waals surface area contributed by atoms with Crippen LogP contribution in [0.1, 0.15) is 61.3 Å². The van der Waals surface area contributed by atoms with Gasteiger partial charge in [0.15, 0.2) is 0 Å². The second-order valence-corrected chi connectivity index (χ2v) is 15.3. The third-order valence-corrected chi connectivity index (χ3v) is 11.3. The lowest BCUT2D eigenvalue weighted by atomic mass is 9.94. The molecule has 1 N–H and O–H groups in total. The zero-order valence-electron chi connectivity index (χ0n) is 27.6. The van der Waals surface area contributed by atoms with E-state index < -0.39 is 28.5 Å². The Kier molecular flexibility index (Phi) is 12.1. The van der Waals surface area contributed by atoms with Crippen LogP contribution in [0.3, 0.4) is 0 Å². The Morgan fingerprint density at radius 1 is 0.833 bits per heavy atom. The van der Waals surface area contributed by atoms with Crippen molar-refractivity contribution in [1.29, 1.82) is 0 Å². The van der Waals surface area contributed by atoms with E-state index in [9.17, 15) is 18.0 Å². The molecule has 0 radical (unpaired) electrons. The maximum absolute atomic E-state index is 14.8. The Hall–Kier alpha value is -3.95. The molecule has 0 unspecified atom stereocenters. The van der Waals surface area contributed by atoms with Gasteiger partial charge in [0.25, 0.3) is 10.0 Å². The molecule has 1 aliphatic rings. The highest BCUT2D eigenvalue weighted by Crippen LogP contribution is 2.29. The van der Waals surface area contributed by atoms with E-state index in [1.165, 1.54) is 4.31 Å². The molecule has 48 heavy (non-hydrogen) atoms. The number of halogens is 1. The van der Waals surface area contributed by atoms with Crippen LogP contribution in [0.2, 0.25) is 0 Å². The van der Waals surface area contributed by atoms with Crippen LogP contribution < -0.4 is 9.62 Å². The lowest BCUT2D eigenvalue weighted by Crippen LogP contribution is -2.55. The van der Waals surface area contributed by atoms with E-state index >= 15 is 0 Å². The lowest BCUT2D eigenvalue weighted by Gasteiger charge is -2.35. The molecule has 0 spiro atoms. The molecule has 0 saturated heterocycles. The quantitative estimate of drug-likeness (QED) is 0.154. The number of sulfonamides is 1. The van der Waals surface area contributed by atoms with E-state index in [2.05, 4.69) is 21.2 Å². The fraction of sp³-hybridized carbons (Fsp3) is 0.333. The molecule has 0 aliphatic heterocycles. The number of para-hydroxylation sites is 1. The molecular formula is C39H44BrN3O4S. The fourth-order valence-electron chi connectivity index (χ4n) is 6.29. The van der Waals surface area contributed by atoms with E-state index in [0.29, 0.717) is 12.1 Å². The van der Waals surface area contributed by atoms with E-state index in [-0.39, 0.29) is 29.8 Å². The topological polar surface area (TPSA) is 86.8 Å². The van der Waals surface area contributed by atoms with Gasteiger partial charge in [0.2, 0.25) is 11.8 Å². The Balaban J connectivity index is 1.58. The Bertz CT molecular complexity index is 1770. The van der Waals surface area contributed by atoms with Crippen LogP contribution >= 0.6 is 15.9 Å². The van der Waals surface area contributed by atoms with Gasteiger partial charge in [-0.25, -0.2) is 8.42 Å². The number of aryl methyl sites for hydroxylation is 2. The fourth-order valence-corrected chi connectivity index (χ4v) is 8.00. The molecule has 0 aromatic heterocycles. The summed E-state index contributed by atoms with van der Waals surface area (Å²) in [6.45, 7) is 3.53. The van der Waals surface area contributed by atoms with Crippen LogP contribution in [0.4, 0.5) is 5.69 Å². The summed E-state index contributed by atoms with van der Waals surface area (Å²) in [5.74, 6) is -0.683. The van der Waals surface area contributed by atoms with Crippen molar-refractivity contribution >= 4 is 43.5 Å². The predicted molar refractivity (Wildman–Crippen MR) is 195 cm³/mol. The third-order valence-electron chi connectivity index (χ3n) is 9.02. The standard InChI is InChI=1S/C39H44BrN3O4S/c1-3-32-14-10-11-17-36(32)43(48(46,47)35-24-18-29(2)19-25-35)28-38(44)42(27-31-20-22-33(40)23-21-31)37(26-30-12-6-4-7-13-30)39(45)41-34-15-8-5-9-16-34/h4,6-7,10-14,17-25,34,37H,3,5,8-9,15-16,26-28H2,1-2H3,(H,41,45)/t37-/m0/s1. The van der Waals surface area contributed by atoms with Gasteiger partial charge in [-0.05, 0) is 73.2 Å². The molecule has 0 heterocycles. The van der Waals surface area contributed by atoms with E-state index in [0.717, 1.165) is 58.8 Å². The second kappa shape index (κ2) is 16.4. The van der Waals surface area contributed by atoms with Crippen LogP contribution in [0.25, 0.3) is 0 Å². The van der Waals surface area contributed by atoms with Crippen LogP contribution in [0.15, 0.2) is 112 Å². The SMILES string of the molecule is CCc1ccccc1N(CC(=O)N(Cc1ccc(Br)cc1)[C@@H](Cc1ccccc1)C(=O)NC1CCCCC1)S(=O)(=O)c1ccc(C)cc1. The van der Waals surface area contributed by atoms with Crippen molar-refractivity contribution in [3.8, 4) is 0 Å². The van der Waals surface area contributed by atoms with Crippen molar-refractivity contribution in [2.45, 2.75) is 82.3 Å². The number of carbonyl (C=O) groups excluding carboxylic acids is 2. The first-order valence-corrected chi connectivity index (χ1v) is 18.9. The van der Waals surface area contributed by atoms with Crippen molar-refractivity contribution in [3.05, 3.63) is 130 Å². The van der Waals surface area contributed by atoms with Gasteiger partial charge < -0.3 is 10.2 Å². The minimum absolute atomic E-state index is 0.0454. The first-order chi connectivity index (χ1) is 23.2. The summed E-state index contributed by atoms with van der Waals surface area (Å²) in [4.78, 5) is 30.7. The van der Waals surface area contributed by atoms with Crippen LogP contribution in [0.5, 0.6) is 0 Å². The molecule has 7 nitrogen and oxygen atoms in total. The van der Waals surface area contributed by atoms with Crippen LogP contribution in [-0.4, -0.2) is 43.8 Å². The lowest BCUT2D eigenvalue weighted by molar-refractivity contribution is -0.140. The van der Waals surface area contributed by atoms with Gasteiger partial charge in [0, 0.05) is 23.5 Å². The minimum Gasteiger partial charge on any atom is -0.352 e. The van der Waals surface area contributed by atoms with E-state index in [1.807, 2.05) is 80.6 Å². The molecule has 1 saturated carbocycles. The van der Waals surface area contributed by atoms with Gasteiger partial charge in [-0.1, -0.05) is 120 Å². The molecule has 0 bridgehead atoms. The predicted octanol–water partition coefficient (Wildman–Crippen LogP) is 7.60. The molecule has 1 aliphatic carbocycles. The maximum atomic E-state index is 14.8. The molecule has 1 atom stereocenters.